The third kappa shape index (κ3) is 1.42. The van der Waals surface area contributed by atoms with Crippen molar-refractivity contribution in [2.45, 2.75) is 58.1 Å². The highest BCUT2D eigenvalue weighted by Crippen LogP contribution is 2.52. The maximum atomic E-state index is 5.94. The molecule has 0 N–H and O–H groups in total. The quantitative estimate of drug-likeness (QED) is 0.580. The Bertz CT molecular complexity index is 209. The molecule has 1 aliphatic carbocycles. The molecule has 2 aliphatic rings. The first-order valence-electron chi connectivity index (χ1n) is 5.19. The van der Waals surface area contributed by atoms with Crippen molar-refractivity contribution in [1.29, 1.82) is 0 Å². The molecule has 1 aliphatic heterocycles. The molecule has 0 aromatic carbocycles. The van der Waals surface area contributed by atoms with Crippen molar-refractivity contribution in [3.8, 4) is 0 Å². The Hall–Kier alpha value is -0.0151. The molecule has 0 amide bonds. The van der Waals surface area contributed by atoms with E-state index in [9.17, 15) is 0 Å². The lowest BCUT2D eigenvalue weighted by molar-refractivity contribution is 0.00578. The molecule has 3 heteroatoms. The molecule has 74 valence electrons. The molecule has 1 saturated carbocycles. The first-order chi connectivity index (χ1) is 5.83. The van der Waals surface area contributed by atoms with Gasteiger partial charge in [-0.25, -0.2) is 0 Å². The van der Waals surface area contributed by atoms with Gasteiger partial charge in [-0.05, 0) is 45.9 Å². The van der Waals surface area contributed by atoms with E-state index in [0.29, 0.717) is 5.82 Å². The van der Waals surface area contributed by atoms with E-state index in [1.807, 2.05) is 0 Å². The van der Waals surface area contributed by atoms with E-state index in [2.05, 4.69) is 34.6 Å². The molecule has 0 aromatic heterocycles. The lowest BCUT2D eigenvalue weighted by Gasteiger charge is -2.32. The summed E-state index contributed by atoms with van der Waals surface area (Å²) in [5.74, 6) is 1.43. The summed E-state index contributed by atoms with van der Waals surface area (Å²) in [5.41, 5.74) is -0.306. The van der Waals surface area contributed by atoms with Crippen LogP contribution >= 0.6 is 0 Å². The van der Waals surface area contributed by atoms with Crippen LogP contribution in [0.15, 0.2) is 0 Å². The maximum absolute atomic E-state index is 5.94. The summed E-state index contributed by atoms with van der Waals surface area (Å²) in [5, 5.41) is 0. The lowest BCUT2D eigenvalue weighted by Crippen LogP contribution is -2.41. The molecule has 0 radical (unpaired) electrons. The molecule has 1 unspecified atom stereocenters. The molecule has 13 heavy (non-hydrogen) atoms. The molecule has 1 saturated heterocycles. The third-order valence-electron chi connectivity index (χ3n) is 3.79. The van der Waals surface area contributed by atoms with Crippen LogP contribution in [0.1, 0.15) is 41.0 Å². The van der Waals surface area contributed by atoms with Crippen LogP contribution in [-0.2, 0) is 9.31 Å². The standard InChI is InChI=1S/C10H19BO2/c1-7-6-8(7)11-12-9(2,3)10(4,5)13-11/h7-8H,6H2,1-5H3/t7-,8?/m1/s1. The highest BCUT2D eigenvalue weighted by atomic mass is 16.7. The lowest BCUT2D eigenvalue weighted by atomic mass is 9.81. The Balaban J connectivity index is 2.07. The van der Waals surface area contributed by atoms with Crippen LogP contribution in [0.5, 0.6) is 0 Å². The van der Waals surface area contributed by atoms with Gasteiger partial charge in [-0.2, -0.15) is 0 Å². The van der Waals surface area contributed by atoms with Gasteiger partial charge in [-0.15, -0.1) is 0 Å². The summed E-state index contributed by atoms with van der Waals surface area (Å²) in [6.45, 7) is 10.7. The summed E-state index contributed by atoms with van der Waals surface area (Å²) in [7, 11) is 0.0417. The molecule has 0 aromatic rings. The van der Waals surface area contributed by atoms with E-state index in [4.69, 9.17) is 9.31 Å². The van der Waals surface area contributed by atoms with E-state index in [0.717, 1.165) is 5.92 Å². The smallest absolute Gasteiger partial charge is 0.403 e. The minimum absolute atomic E-state index is 0.0417. The van der Waals surface area contributed by atoms with Gasteiger partial charge in [0, 0.05) is 0 Å². The van der Waals surface area contributed by atoms with Crippen LogP contribution in [-0.4, -0.2) is 18.3 Å². The monoisotopic (exact) mass is 182 g/mol. The molecule has 2 rings (SSSR count). The zero-order valence-corrected chi connectivity index (χ0v) is 9.26. The van der Waals surface area contributed by atoms with Gasteiger partial charge in [0.05, 0.1) is 11.2 Å². The number of hydrogen-bond donors (Lipinski definition) is 0. The van der Waals surface area contributed by atoms with Gasteiger partial charge in [0.15, 0.2) is 0 Å². The molecule has 0 bridgehead atoms. The van der Waals surface area contributed by atoms with Crippen molar-refractivity contribution in [2.75, 3.05) is 0 Å². The minimum Gasteiger partial charge on any atom is -0.403 e. The number of hydrogen-bond acceptors (Lipinski definition) is 2. The fraction of sp³-hybridized carbons (Fsp3) is 1.00. The maximum Gasteiger partial charge on any atom is 0.461 e. The molecular formula is C10H19BO2. The van der Waals surface area contributed by atoms with E-state index in [-0.39, 0.29) is 18.3 Å². The fourth-order valence-corrected chi connectivity index (χ4v) is 1.79. The topological polar surface area (TPSA) is 18.5 Å². The Labute approximate surface area is 81.1 Å². The van der Waals surface area contributed by atoms with Gasteiger partial charge in [0.1, 0.15) is 0 Å². The fourth-order valence-electron chi connectivity index (χ4n) is 1.79. The zero-order valence-electron chi connectivity index (χ0n) is 9.26. The first-order valence-corrected chi connectivity index (χ1v) is 5.19. The highest BCUT2D eigenvalue weighted by molar-refractivity contribution is 6.48. The molecular weight excluding hydrogens is 163 g/mol. The van der Waals surface area contributed by atoms with Crippen molar-refractivity contribution in [3.05, 3.63) is 0 Å². The molecule has 2 fully saturated rings. The predicted molar refractivity (Wildman–Crippen MR) is 53.6 cm³/mol. The van der Waals surface area contributed by atoms with Crippen LogP contribution in [0, 0.1) is 5.92 Å². The van der Waals surface area contributed by atoms with Gasteiger partial charge in [-0.1, -0.05) is 6.92 Å². The second-order valence-corrected chi connectivity index (χ2v) is 5.50. The molecule has 2 nitrogen and oxygen atoms in total. The molecule has 2 atom stereocenters. The highest BCUT2D eigenvalue weighted by Gasteiger charge is 2.58. The van der Waals surface area contributed by atoms with Gasteiger partial charge in [0.2, 0.25) is 0 Å². The second-order valence-electron chi connectivity index (χ2n) is 5.50. The number of rotatable bonds is 1. The predicted octanol–water partition coefficient (Wildman–Crippen LogP) is 2.49. The average molecular weight is 182 g/mol. The van der Waals surface area contributed by atoms with Gasteiger partial charge in [0.25, 0.3) is 0 Å². The van der Waals surface area contributed by atoms with Crippen molar-refractivity contribution < 1.29 is 9.31 Å². The molecule has 0 spiro atoms. The van der Waals surface area contributed by atoms with Crippen molar-refractivity contribution in [2.24, 2.45) is 5.92 Å². The Morgan fingerprint density at radius 2 is 1.46 bits per heavy atom. The van der Waals surface area contributed by atoms with Crippen LogP contribution < -0.4 is 0 Å². The first kappa shape index (κ1) is 9.54. The normalized spacial score (nSPS) is 40.8. The SMILES string of the molecule is C[C@@H]1CC1B1OC(C)(C)C(C)(C)O1. The third-order valence-corrected chi connectivity index (χ3v) is 3.79. The van der Waals surface area contributed by atoms with Crippen LogP contribution in [0.4, 0.5) is 0 Å². The second kappa shape index (κ2) is 2.51. The van der Waals surface area contributed by atoms with Gasteiger partial charge in [-0.3, -0.25) is 0 Å². The summed E-state index contributed by atoms with van der Waals surface area (Å²) in [4.78, 5) is 0. The van der Waals surface area contributed by atoms with Gasteiger partial charge < -0.3 is 9.31 Å². The Morgan fingerprint density at radius 1 is 1.08 bits per heavy atom. The Morgan fingerprint density at radius 3 is 1.77 bits per heavy atom. The van der Waals surface area contributed by atoms with Gasteiger partial charge >= 0.3 is 7.12 Å². The van der Waals surface area contributed by atoms with E-state index in [1.165, 1.54) is 6.42 Å². The Kier molecular flexibility index (Phi) is 1.84. The van der Waals surface area contributed by atoms with Crippen LogP contribution in [0.2, 0.25) is 5.82 Å². The van der Waals surface area contributed by atoms with Crippen molar-refractivity contribution in [3.63, 3.8) is 0 Å². The van der Waals surface area contributed by atoms with E-state index in [1.54, 1.807) is 0 Å². The summed E-state index contributed by atoms with van der Waals surface area (Å²) in [6, 6.07) is 0. The summed E-state index contributed by atoms with van der Waals surface area (Å²) < 4.78 is 11.9. The summed E-state index contributed by atoms with van der Waals surface area (Å²) in [6.07, 6.45) is 1.26. The van der Waals surface area contributed by atoms with E-state index >= 15 is 0 Å². The van der Waals surface area contributed by atoms with Crippen LogP contribution in [0.25, 0.3) is 0 Å². The summed E-state index contributed by atoms with van der Waals surface area (Å²) >= 11 is 0. The average Bonchev–Trinajstić information content (AvgIpc) is 2.58. The molecule has 1 heterocycles. The zero-order chi connectivity index (χ0) is 9.85. The van der Waals surface area contributed by atoms with Crippen molar-refractivity contribution in [1.82, 2.24) is 0 Å². The minimum atomic E-state index is -0.153. The van der Waals surface area contributed by atoms with E-state index < -0.39 is 0 Å². The van der Waals surface area contributed by atoms with Crippen LogP contribution in [0.3, 0.4) is 0 Å². The largest absolute Gasteiger partial charge is 0.461 e. The van der Waals surface area contributed by atoms with Crippen molar-refractivity contribution >= 4 is 7.12 Å².